The van der Waals surface area contributed by atoms with Gasteiger partial charge < -0.3 is 0 Å². The topological polar surface area (TPSA) is 12.9 Å². The van der Waals surface area contributed by atoms with E-state index < -0.39 is 0 Å². The first-order chi connectivity index (χ1) is 26.8. The molecular formula is C51H30NS2U-. The molecule has 0 atom stereocenters. The fourth-order valence-corrected chi connectivity index (χ4v) is 10.3. The van der Waals surface area contributed by atoms with Crippen molar-refractivity contribution in [2.45, 2.75) is 0 Å². The van der Waals surface area contributed by atoms with Crippen molar-refractivity contribution in [3.63, 3.8) is 0 Å². The van der Waals surface area contributed by atoms with E-state index in [9.17, 15) is 0 Å². The second-order valence-corrected chi connectivity index (χ2v) is 15.9. The summed E-state index contributed by atoms with van der Waals surface area (Å²) in [6.07, 6.45) is 0. The molecule has 0 amide bonds. The van der Waals surface area contributed by atoms with E-state index in [-0.39, 0.29) is 31.1 Å². The van der Waals surface area contributed by atoms with Crippen molar-refractivity contribution in [3.8, 4) is 55.8 Å². The van der Waals surface area contributed by atoms with Crippen molar-refractivity contribution in [2.75, 3.05) is 0 Å². The summed E-state index contributed by atoms with van der Waals surface area (Å²) in [7, 11) is 0. The quantitative estimate of drug-likeness (QED) is 0.157. The Morgan fingerprint density at radius 1 is 0.400 bits per heavy atom. The summed E-state index contributed by atoms with van der Waals surface area (Å²) in [6.45, 7) is 0. The standard InChI is InChI=1S/C51H30NS2.U/c1-2-11-34(12-3-1)38-13-4-5-14-39(38)35-25-21-32(22-26-35)33-23-27-36(28-24-33)49-51-48(42-16-7-9-20-46(42)54-51)43-18-10-17-40(50(43)52-49)37-29-30-47-44(31-37)41-15-6-8-19-45(41)53-47;/h1-25,27-31H;/q-1;. The van der Waals surface area contributed by atoms with Gasteiger partial charge in [-0.25, -0.2) is 4.98 Å². The van der Waals surface area contributed by atoms with Crippen LogP contribution in [0.5, 0.6) is 0 Å². The Hall–Kier alpha value is -5.34. The SMILES string of the molecule is [U].[c-]1cc(-c2ccc(-c3nc4c(-c5ccc6sc7ccccc7c6c5)cccc4c4c3sc3ccccc34)cc2)ccc1-c1ccccc1-c1ccccc1. The number of rotatable bonds is 5. The van der Waals surface area contributed by atoms with Gasteiger partial charge in [0.1, 0.15) is 0 Å². The van der Waals surface area contributed by atoms with E-state index in [0.717, 1.165) is 39.0 Å². The number of hydrogen-bond acceptors (Lipinski definition) is 3. The third-order valence-electron chi connectivity index (χ3n) is 10.6. The second kappa shape index (κ2) is 14.1. The molecule has 0 spiro atoms. The minimum atomic E-state index is 0. The van der Waals surface area contributed by atoms with Gasteiger partial charge in [0.25, 0.3) is 0 Å². The Morgan fingerprint density at radius 2 is 1.02 bits per heavy atom. The van der Waals surface area contributed by atoms with Crippen molar-refractivity contribution in [2.24, 2.45) is 0 Å². The third kappa shape index (κ3) is 5.84. The summed E-state index contributed by atoms with van der Waals surface area (Å²) in [5.41, 5.74) is 12.5. The number of aromatic nitrogens is 1. The zero-order valence-corrected chi connectivity index (χ0v) is 35.4. The van der Waals surface area contributed by atoms with E-state index in [4.69, 9.17) is 4.98 Å². The minimum Gasteiger partial charge on any atom is -0.246 e. The van der Waals surface area contributed by atoms with Gasteiger partial charge >= 0.3 is 0 Å². The van der Waals surface area contributed by atoms with Crippen molar-refractivity contribution in [3.05, 3.63) is 188 Å². The van der Waals surface area contributed by atoms with Crippen molar-refractivity contribution in [1.82, 2.24) is 4.98 Å². The molecule has 0 saturated carbocycles. The molecule has 55 heavy (non-hydrogen) atoms. The molecule has 0 bridgehead atoms. The average molecular weight is 959 g/mol. The van der Waals surface area contributed by atoms with Gasteiger partial charge in [-0.3, -0.25) is 0 Å². The van der Waals surface area contributed by atoms with Crippen molar-refractivity contribution in [1.29, 1.82) is 0 Å². The van der Waals surface area contributed by atoms with Gasteiger partial charge in [0.15, 0.2) is 0 Å². The average Bonchev–Trinajstić information content (AvgIpc) is 3.83. The maximum absolute atomic E-state index is 5.56. The molecule has 11 rings (SSSR count). The summed E-state index contributed by atoms with van der Waals surface area (Å²) in [5, 5.41) is 6.37. The van der Waals surface area contributed by atoms with Crippen LogP contribution in [0, 0.1) is 37.2 Å². The molecular weight excluding hydrogens is 929 g/mol. The zero-order chi connectivity index (χ0) is 35.6. The smallest absolute Gasteiger partial charge is 0.0888 e. The second-order valence-electron chi connectivity index (χ2n) is 13.8. The fourth-order valence-electron chi connectivity index (χ4n) is 8.01. The molecule has 0 fully saturated rings. The molecule has 4 heteroatoms. The first-order valence-corrected chi connectivity index (χ1v) is 19.8. The Balaban J connectivity index is 0.00000372. The Bertz CT molecular complexity index is 3200. The van der Waals surface area contributed by atoms with Crippen LogP contribution in [0.15, 0.2) is 182 Å². The largest absolute Gasteiger partial charge is 0.246 e. The minimum absolute atomic E-state index is 0. The normalized spacial score (nSPS) is 11.5. The van der Waals surface area contributed by atoms with Crippen LogP contribution in [0.25, 0.3) is 107 Å². The van der Waals surface area contributed by atoms with Gasteiger partial charge in [0.2, 0.25) is 0 Å². The van der Waals surface area contributed by atoms with E-state index in [1.165, 1.54) is 68.0 Å². The molecule has 0 radical (unpaired) electrons. The maximum Gasteiger partial charge on any atom is 0.0888 e. The summed E-state index contributed by atoms with van der Waals surface area (Å²) < 4.78 is 5.13. The van der Waals surface area contributed by atoms with E-state index >= 15 is 0 Å². The number of fused-ring (bicyclic) bond motifs is 8. The van der Waals surface area contributed by atoms with Crippen LogP contribution in [0.2, 0.25) is 0 Å². The van der Waals surface area contributed by atoms with Crippen LogP contribution in [0.4, 0.5) is 0 Å². The number of benzene rings is 8. The Kier molecular flexibility index (Phi) is 8.74. The van der Waals surface area contributed by atoms with E-state index in [2.05, 4.69) is 188 Å². The fraction of sp³-hybridized carbons (Fsp3) is 0. The van der Waals surface area contributed by atoms with Crippen LogP contribution in [-0.2, 0) is 0 Å². The number of para-hydroxylation sites is 1. The summed E-state index contributed by atoms with van der Waals surface area (Å²) in [5.74, 6) is 0. The zero-order valence-electron chi connectivity index (χ0n) is 29.6. The van der Waals surface area contributed by atoms with E-state index in [0.29, 0.717) is 0 Å². The molecule has 0 aliphatic rings. The van der Waals surface area contributed by atoms with Crippen molar-refractivity contribution < 1.29 is 31.1 Å². The van der Waals surface area contributed by atoms with Gasteiger partial charge in [-0.1, -0.05) is 162 Å². The van der Waals surface area contributed by atoms with Gasteiger partial charge in [0.05, 0.1) is 15.9 Å². The predicted molar refractivity (Wildman–Crippen MR) is 234 cm³/mol. The maximum atomic E-state index is 5.56. The summed E-state index contributed by atoms with van der Waals surface area (Å²) >= 11 is 3.69. The molecule has 256 valence electrons. The number of nitrogens with zero attached hydrogens (tertiary/aromatic N) is 1. The van der Waals surface area contributed by atoms with Crippen LogP contribution >= 0.6 is 22.7 Å². The first-order valence-electron chi connectivity index (χ1n) is 18.2. The molecule has 3 aromatic heterocycles. The molecule has 0 aliphatic heterocycles. The number of pyridine rings is 1. The summed E-state index contributed by atoms with van der Waals surface area (Å²) in [6, 6.07) is 69.2. The van der Waals surface area contributed by atoms with Crippen LogP contribution in [0.1, 0.15) is 0 Å². The molecule has 8 aromatic carbocycles. The van der Waals surface area contributed by atoms with Gasteiger partial charge in [0, 0.05) is 83.3 Å². The Labute approximate surface area is 351 Å². The van der Waals surface area contributed by atoms with Gasteiger partial charge in [-0.2, -0.15) is 0 Å². The molecule has 0 N–H and O–H groups in total. The third-order valence-corrected chi connectivity index (χ3v) is 13.0. The van der Waals surface area contributed by atoms with E-state index in [1.807, 2.05) is 22.7 Å². The van der Waals surface area contributed by atoms with E-state index in [1.54, 1.807) is 0 Å². The van der Waals surface area contributed by atoms with Crippen LogP contribution < -0.4 is 0 Å². The number of hydrogen-bond donors (Lipinski definition) is 0. The van der Waals surface area contributed by atoms with Gasteiger partial charge in [-0.05, 0) is 35.4 Å². The van der Waals surface area contributed by atoms with Crippen molar-refractivity contribution >= 4 is 73.9 Å². The first kappa shape index (κ1) is 34.2. The van der Waals surface area contributed by atoms with Gasteiger partial charge in [-0.15, -0.1) is 52.5 Å². The van der Waals surface area contributed by atoms with Crippen LogP contribution in [0.3, 0.4) is 0 Å². The molecule has 3 heterocycles. The molecule has 0 saturated heterocycles. The molecule has 0 aliphatic carbocycles. The molecule has 1 nitrogen and oxygen atoms in total. The number of thiophene rings is 2. The van der Waals surface area contributed by atoms with Crippen LogP contribution in [-0.4, -0.2) is 4.98 Å². The predicted octanol–water partition coefficient (Wildman–Crippen LogP) is 15.1. The monoisotopic (exact) mass is 958 g/mol. The molecule has 0 unspecified atom stereocenters. The summed E-state index contributed by atoms with van der Waals surface area (Å²) in [4.78, 5) is 5.56. The molecule has 11 aromatic rings. The Morgan fingerprint density at radius 3 is 1.82 bits per heavy atom.